The van der Waals surface area contributed by atoms with E-state index in [4.69, 9.17) is 0 Å². The van der Waals surface area contributed by atoms with Gasteiger partial charge in [0.25, 0.3) is 0 Å². The summed E-state index contributed by atoms with van der Waals surface area (Å²) in [7, 11) is 0. The van der Waals surface area contributed by atoms with Crippen LogP contribution in [0.2, 0.25) is 0 Å². The highest BCUT2D eigenvalue weighted by atomic mass is 32.2. The third-order valence-corrected chi connectivity index (χ3v) is 3.02. The smallest absolute Gasteiger partial charge is 0.141 e. The van der Waals surface area contributed by atoms with Crippen molar-refractivity contribution in [1.82, 2.24) is 9.97 Å². The van der Waals surface area contributed by atoms with Crippen LogP contribution in [0.4, 0.5) is 5.82 Å². The normalized spacial score (nSPS) is 10.3. The first-order valence-corrected chi connectivity index (χ1v) is 7.39. The largest absolute Gasteiger partial charge is 0.370 e. The Hall–Kier alpha value is -1.55. The number of hydrogen-bond donors (Lipinski definition) is 1. The second-order valence-corrected chi connectivity index (χ2v) is 4.75. The number of nitrogens with zero attached hydrogens (tertiary/aromatic N) is 2. The van der Waals surface area contributed by atoms with E-state index in [1.165, 1.54) is 0 Å². The van der Waals surface area contributed by atoms with Gasteiger partial charge in [0, 0.05) is 18.2 Å². The average Bonchev–Trinajstić information content (AvgIpc) is 2.40. The lowest BCUT2D eigenvalue weighted by Gasteiger charge is -2.08. The van der Waals surface area contributed by atoms with Crippen LogP contribution in [-0.2, 0) is 5.75 Å². The molecule has 0 bridgehead atoms. The van der Waals surface area contributed by atoms with Gasteiger partial charge in [-0.25, -0.2) is 9.97 Å². The van der Waals surface area contributed by atoms with Gasteiger partial charge in [0.2, 0.25) is 0 Å². The Balaban J connectivity index is 2.39. The highest BCUT2D eigenvalue weighted by Gasteiger charge is 2.05. The predicted octanol–water partition coefficient (Wildman–Crippen LogP) is 3.44. The van der Waals surface area contributed by atoms with Crippen LogP contribution in [0.5, 0.6) is 0 Å². The lowest BCUT2D eigenvalue weighted by atomic mass is 10.1. The molecule has 18 heavy (non-hydrogen) atoms. The molecule has 0 unspecified atom stereocenters. The topological polar surface area (TPSA) is 37.8 Å². The van der Waals surface area contributed by atoms with Crippen molar-refractivity contribution >= 4 is 17.6 Å². The van der Waals surface area contributed by atoms with Crippen molar-refractivity contribution in [1.29, 1.82) is 0 Å². The van der Waals surface area contributed by atoms with Crippen LogP contribution in [-0.4, -0.2) is 22.8 Å². The molecule has 0 aliphatic carbocycles. The van der Waals surface area contributed by atoms with Crippen LogP contribution in [0.3, 0.4) is 0 Å². The van der Waals surface area contributed by atoms with Crippen LogP contribution in [0.15, 0.2) is 36.4 Å². The van der Waals surface area contributed by atoms with Crippen LogP contribution >= 0.6 is 11.8 Å². The highest BCUT2D eigenvalue weighted by Crippen LogP contribution is 2.20. The minimum Gasteiger partial charge on any atom is -0.370 e. The molecule has 2 rings (SSSR count). The van der Waals surface area contributed by atoms with Crippen molar-refractivity contribution < 1.29 is 0 Å². The van der Waals surface area contributed by atoms with Crippen molar-refractivity contribution in [2.24, 2.45) is 0 Å². The molecule has 1 aromatic heterocycles. The van der Waals surface area contributed by atoms with Crippen LogP contribution in [0, 0.1) is 0 Å². The quantitative estimate of drug-likeness (QED) is 0.892. The maximum absolute atomic E-state index is 4.60. The first kappa shape index (κ1) is 12.9. The van der Waals surface area contributed by atoms with Gasteiger partial charge in [-0.2, -0.15) is 11.8 Å². The van der Waals surface area contributed by atoms with Gasteiger partial charge in [-0.3, -0.25) is 0 Å². The van der Waals surface area contributed by atoms with E-state index in [1.54, 1.807) is 11.8 Å². The van der Waals surface area contributed by atoms with E-state index in [0.29, 0.717) is 0 Å². The summed E-state index contributed by atoms with van der Waals surface area (Å²) in [6.45, 7) is 2.93. The number of benzene rings is 1. The fourth-order valence-corrected chi connectivity index (χ4v) is 2.11. The molecule has 2 aromatic rings. The summed E-state index contributed by atoms with van der Waals surface area (Å²) in [6, 6.07) is 12.2. The Morgan fingerprint density at radius 1 is 1.17 bits per heavy atom. The standard InChI is InChI=1S/C14H17N3S/c1-3-15-13-9-12(11-7-5-4-6-8-11)16-14(17-13)10-18-2/h4-9H,3,10H2,1-2H3,(H,15,16,17). The summed E-state index contributed by atoms with van der Waals surface area (Å²) in [5.74, 6) is 2.61. The number of aromatic nitrogens is 2. The zero-order valence-electron chi connectivity index (χ0n) is 10.7. The lowest BCUT2D eigenvalue weighted by Crippen LogP contribution is -2.04. The first-order valence-electron chi connectivity index (χ1n) is 5.99. The van der Waals surface area contributed by atoms with Gasteiger partial charge in [-0.05, 0) is 13.2 Å². The molecule has 0 spiro atoms. The SMILES string of the molecule is CCNc1cc(-c2ccccc2)nc(CSC)n1. The molecule has 0 aliphatic heterocycles. The minimum atomic E-state index is 0.832. The van der Waals surface area contributed by atoms with Crippen molar-refractivity contribution in [3.8, 4) is 11.3 Å². The molecule has 0 saturated heterocycles. The van der Waals surface area contributed by atoms with Crippen molar-refractivity contribution in [3.05, 3.63) is 42.2 Å². The maximum Gasteiger partial charge on any atom is 0.141 e. The van der Waals surface area contributed by atoms with E-state index in [-0.39, 0.29) is 0 Å². The summed E-state index contributed by atoms with van der Waals surface area (Å²) < 4.78 is 0. The Morgan fingerprint density at radius 2 is 1.94 bits per heavy atom. The number of nitrogens with one attached hydrogen (secondary N) is 1. The molecule has 0 amide bonds. The molecular weight excluding hydrogens is 242 g/mol. The predicted molar refractivity (Wildman–Crippen MR) is 78.9 cm³/mol. The van der Waals surface area contributed by atoms with Gasteiger partial charge in [0.05, 0.1) is 11.4 Å². The van der Waals surface area contributed by atoms with Crippen LogP contribution in [0.25, 0.3) is 11.3 Å². The molecule has 3 nitrogen and oxygen atoms in total. The van der Waals surface area contributed by atoms with Gasteiger partial charge < -0.3 is 5.32 Å². The molecule has 0 aliphatic rings. The second kappa shape index (κ2) is 6.40. The Labute approximate surface area is 112 Å². The Kier molecular flexibility index (Phi) is 4.59. The summed E-state index contributed by atoms with van der Waals surface area (Å²) >= 11 is 1.73. The summed E-state index contributed by atoms with van der Waals surface area (Å²) in [5.41, 5.74) is 2.10. The van der Waals surface area contributed by atoms with E-state index in [0.717, 1.165) is 35.2 Å². The Morgan fingerprint density at radius 3 is 2.61 bits per heavy atom. The molecular formula is C14H17N3S. The van der Waals surface area contributed by atoms with Gasteiger partial charge in [0.1, 0.15) is 11.6 Å². The van der Waals surface area contributed by atoms with Crippen molar-refractivity contribution in [3.63, 3.8) is 0 Å². The second-order valence-electron chi connectivity index (χ2n) is 3.88. The third kappa shape index (κ3) is 3.23. The van der Waals surface area contributed by atoms with E-state index >= 15 is 0 Å². The molecule has 0 radical (unpaired) electrons. The van der Waals surface area contributed by atoms with E-state index < -0.39 is 0 Å². The van der Waals surface area contributed by atoms with Gasteiger partial charge >= 0.3 is 0 Å². The number of rotatable bonds is 5. The van der Waals surface area contributed by atoms with Crippen LogP contribution < -0.4 is 5.32 Å². The van der Waals surface area contributed by atoms with Gasteiger partial charge in [-0.15, -0.1) is 0 Å². The minimum absolute atomic E-state index is 0.832. The fourth-order valence-electron chi connectivity index (χ4n) is 1.72. The molecule has 1 heterocycles. The van der Waals surface area contributed by atoms with Crippen molar-refractivity contribution in [2.45, 2.75) is 12.7 Å². The molecule has 1 aromatic carbocycles. The van der Waals surface area contributed by atoms with Crippen LogP contribution in [0.1, 0.15) is 12.7 Å². The molecule has 0 saturated carbocycles. The third-order valence-electron chi connectivity index (χ3n) is 2.47. The summed E-state index contributed by atoms with van der Waals surface area (Å²) in [6.07, 6.45) is 2.06. The maximum atomic E-state index is 4.60. The molecule has 94 valence electrons. The lowest BCUT2D eigenvalue weighted by molar-refractivity contribution is 1.02. The summed E-state index contributed by atoms with van der Waals surface area (Å²) in [4.78, 5) is 9.10. The monoisotopic (exact) mass is 259 g/mol. The zero-order chi connectivity index (χ0) is 12.8. The highest BCUT2D eigenvalue weighted by molar-refractivity contribution is 7.97. The Bertz CT molecular complexity index is 475. The fraction of sp³-hybridized carbons (Fsp3) is 0.286. The number of thioether (sulfide) groups is 1. The molecule has 1 N–H and O–H groups in total. The van der Waals surface area contributed by atoms with Gasteiger partial charge in [0.15, 0.2) is 0 Å². The van der Waals surface area contributed by atoms with E-state index in [1.807, 2.05) is 24.3 Å². The van der Waals surface area contributed by atoms with Gasteiger partial charge in [-0.1, -0.05) is 30.3 Å². The molecule has 0 atom stereocenters. The molecule has 4 heteroatoms. The first-order chi connectivity index (χ1) is 8.83. The molecule has 0 fully saturated rings. The number of hydrogen-bond acceptors (Lipinski definition) is 4. The summed E-state index contributed by atoms with van der Waals surface area (Å²) in [5, 5.41) is 3.26. The van der Waals surface area contributed by atoms with E-state index in [2.05, 4.69) is 40.6 Å². The van der Waals surface area contributed by atoms with E-state index in [9.17, 15) is 0 Å². The average molecular weight is 259 g/mol. The zero-order valence-corrected chi connectivity index (χ0v) is 11.5. The number of anilines is 1. The van der Waals surface area contributed by atoms with Crippen molar-refractivity contribution in [2.75, 3.05) is 18.1 Å².